The lowest BCUT2D eigenvalue weighted by Crippen LogP contribution is -2.60. The van der Waals surface area contributed by atoms with Crippen LogP contribution in [0.2, 0.25) is 0 Å². The number of nitrogens with zero attached hydrogens (tertiary/aromatic N) is 2. The van der Waals surface area contributed by atoms with Gasteiger partial charge >= 0.3 is 0 Å². The van der Waals surface area contributed by atoms with Gasteiger partial charge in [-0.15, -0.1) is 0 Å². The van der Waals surface area contributed by atoms with Gasteiger partial charge < -0.3 is 21.6 Å². The second-order valence-electron chi connectivity index (χ2n) is 5.33. The van der Waals surface area contributed by atoms with Gasteiger partial charge in [0.1, 0.15) is 11.5 Å². The average Bonchev–Trinajstić information content (AvgIpc) is 2.36. The molecule has 1 saturated carbocycles. The van der Waals surface area contributed by atoms with E-state index in [4.69, 9.17) is 16.7 Å². The SMILES string of the molecule is NC(=O)C1CCCCN1C(=O)C1(C(N)=NO)CCC1. The molecule has 0 bridgehead atoms. The number of oxime groups is 1. The van der Waals surface area contributed by atoms with Crippen LogP contribution in [0.3, 0.4) is 0 Å². The maximum Gasteiger partial charge on any atom is 0.240 e. The Morgan fingerprint density at radius 1 is 1.21 bits per heavy atom. The van der Waals surface area contributed by atoms with Crippen molar-refractivity contribution in [3.8, 4) is 0 Å². The molecular formula is C12H20N4O3. The van der Waals surface area contributed by atoms with Gasteiger partial charge in [-0.05, 0) is 32.1 Å². The van der Waals surface area contributed by atoms with Crippen LogP contribution >= 0.6 is 0 Å². The largest absolute Gasteiger partial charge is 0.409 e. The van der Waals surface area contributed by atoms with Crippen molar-refractivity contribution in [2.24, 2.45) is 22.0 Å². The Hall–Kier alpha value is -1.79. The van der Waals surface area contributed by atoms with Crippen molar-refractivity contribution in [1.82, 2.24) is 4.90 Å². The molecule has 0 aromatic carbocycles. The number of amidine groups is 1. The average molecular weight is 268 g/mol. The first-order chi connectivity index (χ1) is 9.03. The number of rotatable bonds is 3. The minimum atomic E-state index is -0.931. The van der Waals surface area contributed by atoms with Crippen LogP contribution in [-0.2, 0) is 9.59 Å². The van der Waals surface area contributed by atoms with Crippen molar-refractivity contribution in [1.29, 1.82) is 0 Å². The van der Waals surface area contributed by atoms with Crippen LogP contribution < -0.4 is 11.5 Å². The number of carbonyl (C=O) groups excluding carboxylic acids is 2. The van der Waals surface area contributed by atoms with E-state index < -0.39 is 17.4 Å². The molecule has 19 heavy (non-hydrogen) atoms. The van der Waals surface area contributed by atoms with Crippen LogP contribution in [-0.4, -0.2) is 40.3 Å². The molecule has 2 fully saturated rings. The highest BCUT2D eigenvalue weighted by Crippen LogP contribution is 2.43. The summed E-state index contributed by atoms with van der Waals surface area (Å²) in [5.41, 5.74) is 10.1. The van der Waals surface area contributed by atoms with Crippen molar-refractivity contribution in [2.75, 3.05) is 6.54 Å². The molecule has 7 heteroatoms. The first-order valence-electron chi connectivity index (χ1n) is 6.61. The molecule has 1 aliphatic heterocycles. The molecule has 7 nitrogen and oxygen atoms in total. The minimum Gasteiger partial charge on any atom is -0.409 e. The van der Waals surface area contributed by atoms with Gasteiger partial charge in [-0.1, -0.05) is 11.6 Å². The van der Waals surface area contributed by atoms with Crippen LogP contribution in [0.1, 0.15) is 38.5 Å². The number of likely N-dealkylation sites (tertiary alicyclic amines) is 1. The van der Waals surface area contributed by atoms with E-state index in [0.717, 1.165) is 19.3 Å². The molecule has 0 aromatic rings. The number of carbonyl (C=O) groups is 2. The van der Waals surface area contributed by atoms with Crippen LogP contribution in [0.15, 0.2) is 5.16 Å². The zero-order valence-electron chi connectivity index (χ0n) is 10.8. The van der Waals surface area contributed by atoms with Crippen LogP contribution in [0.4, 0.5) is 0 Å². The number of piperidine rings is 1. The molecule has 2 aliphatic rings. The van der Waals surface area contributed by atoms with Gasteiger partial charge in [0.25, 0.3) is 0 Å². The highest BCUT2D eigenvalue weighted by atomic mass is 16.4. The lowest BCUT2D eigenvalue weighted by atomic mass is 9.66. The van der Waals surface area contributed by atoms with E-state index in [1.54, 1.807) is 0 Å². The van der Waals surface area contributed by atoms with E-state index in [9.17, 15) is 9.59 Å². The molecular weight excluding hydrogens is 248 g/mol. The Bertz CT molecular complexity index is 417. The molecule has 2 amide bonds. The molecule has 1 unspecified atom stereocenters. The molecule has 0 radical (unpaired) electrons. The third-order valence-corrected chi connectivity index (χ3v) is 4.31. The van der Waals surface area contributed by atoms with Gasteiger partial charge in [0.2, 0.25) is 11.8 Å². The van der Waals surface area contributed by atoms with E-state index >= 15 is 0 Å². The second kappa shape index (κ2) is 5.07. The summed E-state index contributed by atoms with van der Waals surface area (Å²) in [6.07, 6.45) is 4.30. The number of nitrogens with two attached hydrogens (primary N) is 2. The fourth-order valence-electron chi connectivity index (χ4n) is 2.95. The standard InChI is InChI=1S/C12H20N4O3/c13-9(17)8-4-1-2-7-16(8)11(18)12(5-3-6-12)10(14)15-19/h8,19H,1-7H2,(H2,13,17)(H2,14,15). The summed E-state index contributed by atoms with van der Waals surface area (Å²) in [7, 11) is 0. The third-order valence-electron chi connectivity index (χ3n) is 4.31. The molecule has 106 valence electrons. The van der Waals surface area contributed by atoms with Crippen molar-refractivity contribution < 1.29 is 14.8 Å². The van der Waals surface area contributed by atoms with E-state index in [-0.39, 0.29) is 11.7 Å². The Morgan fingerprint density at radius 3 is 2.37 bits per heavy atom. The van der Waals surface area contributed by atoms with E-state index in [2.05, 4.69) is 5.16 Å². The summed E-state index contributed by atoms with van der Waals surface area (Å²) >= 11 is 0. The quantitative estimate of drug-likeness (QED) is 0.283. The lowest BCUT2D eigenvalue weighted by molar-refractivity contribution is -0.150. The first kappa shape index (κ1) is 13.6. The van der Waals surface area contributed by atoms with Gasteiger partial charge in [-0.3, -0.25) is 9.59 Å². The van der Waals surface area contributed by atoms with E-state index in [0.29, 0.717) is 25.8 Å². The molecule has 0 aromatic heterocycles. The topological polar surface area (TPSA) is 122 Å². The summed E-state index contributed by atoms with van der Waals surface area (Å²) in [6, 6.07) is -0.565. The molecule has 1 atom stereocenters. The summed E-state index contributed by atoms with van der Waals surface area (Å²) < 4.78 is 0. The Balaban J connectivity index is 2.24. The van der Waals surface area contributed by atoms with E-state index in [1.165, 1.54) is 4.90 Å². The van der Waals surface area contributed by atoms with Crippen molar-refractivity contribution in [2.45, 2.75) is 44.6 Å². The van der Waals surface area contributed by atoms with E-state index in [1.807, 2.05) is 0 Å². The number of primary amides is 1. The molecule has 2 rings (SSSR count). The van der Waals surface area contributed by atoms with Crippen LogP contribution in [0.25, 0.3) is 0 Å². The molecule has 1 saturated heterocycles. The summed E-state index contributed by atoms with van der Waals surface area (Å²) in [4.78, 5) is 25.6. The maximum atomic E-state index is 12.7. The van der Waals surface area contributed by atoms with Gasteiger partial charge in [-0.2, -0.15) is 0 Å². The fraction of sp³-hybridized carbons (Fsp3) is 0.750. The highest BCUT2D eigenvalue weighted by Gasteiger charge is 2.52. The number of amides is 2. The lowest BCUT2D eigenvalue weighted by Gasteiger charge is -2.45. The smallest absolute Gasteiger partial charge is 0.240 e. The Kier molecular flexibility index (Phi) is 3.64. The first-order valence-corrected chi connectivity index (χ1v) is 6.61. The minimum absolute atomic E-state index is 0.0578. The van der Waals surface area contributed by atoms with Gasteiger partial charge in [0.05, 0.1) is 0 Å². The zero-order chi connectivity index (χ0) is 14.0. The van der Waals surface area contributed by atoms with Crippen molar-refractivity contribution >= 4 is 17.6 Å². The molecule has 1 aliphatic carbocycles. The third kappa shape index (κ3) is 2.13. The fourth-order valence-corrected chi connectivity index (χ4v) is 2.95. The Morgan fingerprint density at radius 2 is 1.89 bits per heavy atom. The Labute approximate surface area is 111 Å². The van der Waals surface area contributed by atoms with Crippen LogP contribution in [0, 0.1) is 5.41 Å². The normalized spacial score (nSPS) is 26.6. The monoisotopic (exact) mass is 268 g/mol. The van der Waals surface area contributed by atoms with Gasteiger partial charge in [0.15, 0.2) is 5.84 Å². The second-order valence-corrected chi connectivity index (χ2v) is 5.33. The maximum absolute atomic E-state index is 12.7. The highest BCUT2D eigenvalue weighted by molar-refractivity contribution is 6.08. The number of hydrogen-bond acceptors (Lipinski definition) is 4. The molecule has 0 spiro atoms. The predicted octanol–water partition coefficient (Wildman–Crippen LogP) is -0.230. The summed E-state index contributed by atoms with van der Waals surface area (Å²) in [5, 5.41) is 11.9. The molecule has 1 heterocycles. The molecule has 5 N–H and O–H groups in total. The predicted molar refractivity (Wildman–Crippen MR) is 68.2 cm³/mol. The summed E-state index contributed by atoms with van der Waals surface area (Å²) in [5.74, 6) is -0.767. The van der Waals surface area contributed by atoms with Gasteiger partial charge in [-0.25, -0.2) is 0 Å². The van der Waals surface area contributed by atoms with Crippen LogP contribution in [0.5, 0.6) is 0 Å². The zero-order valence-corrected chi connectivity index (χ0v) is 10.8. The summed E-state index contributed by atoms with van der Waals surface area (Å²) in [6.45, 7) is 0.507. The van der Waals surface area contributed by atoms with Gasteiger partial charge in [0, 0.05) is 6.54 Å². The van der Waals surface area contributed by atoms with Crippen molar-refractivity contribution in [3.63, 3.8) is 0 Å². The number of hydrogen-bond donors (Lipinski definition) is 3. The van der Waals surface area contributed by atoms with Crippen molar-refractivity contribution in [3.05, 3.63) is 0 Å².